The molecule has 0 aromatic heterocycles. The van der Waals surface area contributed by atoms with Gasteiger partial charge in [0.25, 0.3) is 0 Å². The van der Waals surface area contributed by atoms with Crippen molar-refractivity contribution in [3.05, 3.63) is 0 Å². The summed E-state index contributed by atoms with van der Waals surface area (Å²) in [6, 6.07) is 0. The molecular formula is C10H22NO2PS2. The van der Waals surface area contributed by atoms with E-state index in [1.807, 2.05) is 7.05 Å². The SMILES string of the molecule is CNCCOP(O)(=S)SC1CCCCC1C. The lowest BCUT2D eigenvalue weighted by Gasteiger charge is -2.30. The van der Waals surface area contributed by atoms with Crippen molar-refractivity contribution in [2.45, 2.75) is 37.9 Å². The Bertz CT molecular complexity index is 253. The average molecular weight is 283 g/mol. The summed E-state index contributed by atoms with van der Waals surface area (Å²) in [6.45, 7) is 3.48. The maximum absolute atomic E-state index is 10.0. The van der Waals surface area contributed by atoms with Crippen molar-refractivity contribution >= 4 is 28.9 Å². The molecule has 6 heteroatoms. The van der Waals surface area contributed by atoms with Crippen LogP contribution >= 0.6 is 17.1 Å². The van der Waals surface area contributed by atoms with Crippen molar-refractivity contribution in [1.29, 1.82) is 0 Å². The summed E-state index contributed by atoms with van der Waals surface area (Å²) >= 11 is 6.68. The predicted molar refractivity (Wildman–Crippen MR) is 75.4 cm³/mol. The van der Waals surface area contributed by atoms with Gasteiger partial charge in [0.15, 0.2) is 0 Å². The van der Waals surface area contributed by atoms with Gasteiger partial charge in [-0.3, -0.25) is 0 Å². The van der Waals surface area contributed by atoms with Gasteiger partial charge in [0.1, 0.15) is 0 Å². The highest BCUT2D eigenvalue weighted by atomic mass is 32.9. The summed E-state index contributed by atoms with van der Waals surface area (Å²) in [7, 11) is 1.86. The van der Waals surface area contributed by atoms with E-state index in [-0.39, 0.29) is 0 Å². The molecule has 16 heavy (non-hydrogen) atoms. The van der Waals surface area contributed by atoms with E-state index in [2.05, 4.69) is 12.2 Å². The molecule has 1 aliphatic carbocycles. The van der Waals surface area contributed by atoms with Crippen LogP contribution in [0.5, 0.6) is 0 Å². The standard InChI is InChI=1S/C10H22NO2PS2/c1-9-5-3-4-6-10(9)16-14(12,15)13-8-7-11-2/h9-11H,3-8H2,1-2H3,(H,12,15). The van der Waals surface area contributed by atoms with Crippen LogP contribution in [0.3, 0.4) is 0 Å². The highest BCUT2D eigenvalue weighted by Crippen LogP contribution is 2.60. The second kappa shape index (κ2) is 7.34. The van der Waals surface area contributed by atoms with Gasteiger partial charge >= 0.3 is 0 Å². The second-order valence-corrected chi connectivity index (χ2v) is 10.6. The lowest BCUT2D eigenvalue weighted by molar-refractivity contribution is 0.319. The predicted octanol–water partition coefficient (Wildman–Crippen LogP) is 2.75. The Kier molecular flexibility index (Phi) is 6.86. The Morgan fingerprint density at radius 3 is 2.81 bits per heavy atom. The van der Waals surface area contributed by atoms with E-state index in [1.165, 1.54) is 37.1 Å². The van der Waals surface area contributed by atoms with Crippen LogP contribution < -0.4 is 5.32 Å². The molecule has 2 N–H and O–H groups in total. The van der Waals surface area contributed by atoms with Gasteiger partial charge in [0.05, 0.1) is 6.61 Å². The van der Waals surface area contributed by atoms with Gasteiger partial charge in [0, 0.05) is 11.8 Å². The van der Waals surface area contributed by atoms with Crippen LogP contribution in [-0.2, 0) is 16.3 Å². The fourth-order valence-electron chi connectivity index (χ4n) is 1.90. The number of hydrogen-bond donors (Lipinski definition) is 2. The molecule has 96 valence electrons. The first kappa shape index (κ1) is 14.9. The fourth-order valence-corrected chi connectivity index (χ4v) is 6.84. The van der Waals surface area contributed by atoms with Gasteiger partial charge in [-0.05, 0) is 37.6 Å². The normalized spacial score (nSPS) is 29.9. The van der Waals surface area contributed by atoms with Crippen LogP contribution in [0.15, 0.2) is 0 Å². The number of rotatable bonds is 6. The Balaban J connectivity index is 2.35. The smallest absolute Gasteiger partial charge is 0.245 e. The molecule has 1 aliphatic rings. The van der Waals surface area contributed by atoms with Gasteiger partial charge in [-0.1, -0.05) is 31.1 Å². The fraction of sp³-hybridized carbons (Fsp3) is 1.00. The van der Waals surface area contributed by atoms with E-state index >= 15 is 0 Å². The molecule has 0 saturated heterocycles. The highest BCUT2D eigenvalue weighted by molar-refractivity contribution is 8.67. The van der Waals surface area contributed by atoms with Gasteiger partial charge in [-0.15, -0.1) is 0 Å². The molecule has 3 atom stereocenters. The summed E-state index contributed by atoms with van der Waals surface area (Å²) in [4.78, 5) is 10.0. The first-order valence-electron chi connectivity index (χ1n) is 5.85. The maximum atomic E-state index is 10.0. The minimum absolute atomic E-state index is 0.485. The molecule has 0 aromatic carbocycles. The molecule has 0 aromatic rings. The Labute approximate surface area is 108 Å². The van der Waals surface area contributed by atoms with Crippen LogP contribution in [0.25, 0.3) is 0 Å². The Hall–Kier alpha value is 0.880. The largest absolute Gasteiger partial charge is 0.337 e. The van der Waals surface area contributed by atoms with Gasteiger partial charge in [-0.2, -0.15) is 0 Å². The molecule has 3 unspecified atom stereocenters. The number of nitrogens with one attached hydrogen (secondary N) is 1. The van der Waals surface area contributed by atoms with Crippen molar-refractivity contribution in [2.24, 2.45) is 5.92 Å². The third-order valence-electron chi connectivity index (χ3n) is 2.91. The molecule has 0 spiro atoms. The van der Waals surface area contributed by atoms with Crippen molar-refractivity contribution in [1.82, 2.24) is 5.32 Å². The minimum Gasteiger partial charge on any atom is -0.337 e. The molecular weight excluding hydrogens is 261 g/mol. The highest BCUT2D eigenvalue weighted by Gasteiger charge is 2.28. The Morgan fingerprint density at radius 1 is 1.50 bits per heavy atom. The summed E-state index contributed by atoms with van der Waals surface area (Å²) in [5.41, 5.74) is -2.62. The molecule has 1 rings (SSSR count). The zero-order chi connectivity index (χ0) is 12.0. The molecule has 0 bridgehead atoms. The van der Waals surface area contributed by atoms with E-state index in [0.29, 0.717) is 17.8 Å². The van der Waals surface area contributed by atoms with E-state index in [1.54, 1.807) is 0 Å². The first-order valence-corrected chi connectivity index (χ1v) is 10.0. The van der Waals surface area contributed by atoms with E-state index in [4.69, 9.17) is 16.3 Å². The van der Waals surface area contributed by atoms with Gasteiger partial charge in [-0.25, -0.2) is 0 Å². The summed E-state index contributed by atoms with van der Waals surface area (Å²) in [6.07, 6.45) is 4.99. The molecule has 0 heterocycles. The van der Waals surface area contributed by atoms with Gasteiger partial charge in [0.2, 0.25) is 5.69 Å². The van der Waals surface area contributed by atoms with E-state index in [0.717, 1.165) is 6.54 Å². The van der Waals surface area contributed by atoms with Crippen LogP contribution in [-0.4, -0.2) is 30.3 Å². The summed E-state index contributed by atoms with van der Waals surface area (Å²) in [5.74, 6) is 0.654. The Morgan fingerprint density at radius 2 is 2.19 bits per heavy atom. The zero-order valence-corrected chi connectivity index (χ0v) is 12.5. The summed E-state index contributed by atoms with van der Waals surface area (Å²) < 4.78 is 5.40. The number of hydrogen-bond acceptors (Lipinski definition) is 4. The third kappa shape index (κ3) is 5.48. The van der Waals surface area contributed by atoms with Crippen molar-refractivity contribution < 1.29 is 9.42 Å². The van der Waals surface area contributed by atoms with Crippen LogP contribution in [0, 0.1) is 5.92 Å². The monoisotopic (exact) mass is 283 g/mol. The van der Waals surface area contributed by atoms with Crippen LogP contribution in [0.2, 0.25) is 0 Å². The lowest BCUT2D eigenvalue weighted by Crippen LogP contribution is -2.19. The van der Waals surface area contributed by atoms with Crippen molar-refractivity contribution in [2.75, 3.05) is 20.2 Å². The topological polar surface area (TPSA) is 41.5 Å². The van der Waals surface area contributed by atoms with Crippen molar-refractivity contribution in [3.63, 3.8) is 0 Å². The quantitative estimate of drug-likeness (QED) is 0.579. The molecule has 0 amide bonds. The van der Waals surface area contributed by atoms with E-state index in [9.17, 15) is 4.89 Å². The molecule has 1 saturated carbocycles. The molecule has 1 fully saturated rings. The maximum Gasteiger partial charge on any atom is 0.245 e. The second-order valence-electron chi connectivity index (χ2n) is 4.31. The first-order chi connectivity index (χ1) is 7.55. The molecule has 3 nitrogen and oxygen atoms in total. The average Bonchev–Trinajstić information content (AvgIpc) is 2.21. The summed E-state index contributed by atoms with van der Waals surface area (Å²) in [5, 5.41) is 3.46. The van der Waals surface area contributed by atoms with E-state index < -0.39 is 5.69 Å². The van der Waals surface area contributed by atoms with Crippen LogP contribution in [0.1, 0.15) is 32.6 Å². The molecule has 0 radical (unpaired) electrons. The molecule has 0 aliphatic heterocycles. The minimum atomic E-state index is -2.62. The zero-order valence-electron chi connectivity index (χ0n) is 10.0. The van der Waals surface area contributed by atoms with Crippen molar-refractivity contribution in [3.8, 4) is 0 Å². The lowest BCUT2D eigenvalue weighted by atomic mass is 9.90. The van der Waals surface area contributed by atoms with Crippen LogP contribution in [0.4, 0.5) is 0 Å². The number of likely N-dealkylation sites (N-methyl/N-ethyl adjacent to an activating group) is 1. The van der Waals surface area contributed by atoms with Gasteiger partial charge < -0.3 is 14.7 Å². The third-order valence-corrected chi connectivity index (χ3v) is 7.67.